The molecular weight excluding hydrogens is 292 g/mol. The lowest BCUT2D eigenvalue weighted by atomic mass is 10.1. The van der Waals surface area contributed by atoms with Crippen molar-refractivity contribution in [1.29, 1.82) is 0 Å². The fourth-order valence-corrected chi connectivity index (χ4v) is 3.34. The van der Waals surface area contributed by atoms with Gasteiger partial charge in [0, 0.05) is 24.0 Å². The topological polar surface area (TPSA) is 83.7 Å². The molecule has 0 atom stereocenters. The second-order valence-corrected chi connectivity index (χ2v) is 5.80. The molecule has 1 aromatic carbocycles. The Labute approximate surface area is 124 Å². The largest absolute Gasteiger partial charge is 0.508 e. The predicted molar refractivity (Wildman–Crippen MR) is 77.5 cm³/mol. The van der Waals surface area contributed by atoms with Crippen molar-refractivity contribution in [1.82, 2.24) is 4.90 Å². The van der Waals surface area contributed by atoms with Gasteiger partial charge in [0.05, 0.1) is 4.92 Å². The molecule has 1 aliphatic rings. The van der Waals surface area contributed by atoms with Crippen LogP contribution in [0.1, 0.15) is 20.8 Å². The first-order chi connectivity index (χ1) is 10.1. The lowest BCUT2D eigenvalue weighted by Crippen LogP contribution is -2.35. The van der Waals surface area contributed by atoms with E-state index in [1.807, 2.05) is 11.4 Å². The van der Waals surface area contributed by atoms with E-state index in [0.29, 0.717) is 13.1 Å². The Balaban J connectivity index is 1.93. The molecule has 2 aromatic rings. The highest BCUT2D eigenvalue weighted by Crippen LogP contribution is 2.28. The van der Waals surface area contributed by atoms with Crippen LogP contribution in [0.15, 0.2) is 29.6 Å². The first-order valence-electron chi connectivity index (χ1n) is 6.38. The number of phenols is 1. The number of phenolic OH excluding ortho intramolecular Hbond substituents is 1. The minimum Gasteiger partial charge on any atom is -0.508 e. The standard InChI is InChI=1S/C14H12N2O4S/c17-10-1-2-12(16(19)20)11(7-10)14(18)15-5-3-13-9(8-15)4-6-21-13/h1-2,4,6-7,17H,3,5,8H2. The fourth-order valence-electron chi connectivity index (χ4n) is 2.45. The van der Waals surface area contributed by atoms with Gasteiger partial charge in [0.2, 0.25) is 0 Å². The molecule has 108 valence electrons. The lowest BCUT2D eigenvalue weighted by Gasteiger charge is -2.27. The molecule has 0 bridgehead atoms. The van der Waals surface area contributed by atoms with Gasteiger partial charge in [-0.25, -0.2) is 0 Å². The van der Waals surface area contributed by atoms with Gasteiger partial charge in [0.15, 0.2) is 0 Å². The molecule has 0 unspecified atom stereocenters. The van der Waals surface area contributed by atoms with Crippen molar-refractivity contribution in [3.8, 4) is 5.75 Å². The molecule has 6 nitrogen and oxygen atoms in total. The predicted octanol–water partition coefficient (Wildman–Crippen LogP) is 2.56. The van der Waals surface area contributed by atoms with E-state index in [2.05, 4.69) is 0 Å². The van der Waals surface area contributed by atoms with Crippen molar-refractivity contribution >= 4 is 22.9 Å². The molecule has 0 saturated carbocycles. The second-order valence-electron chi connectivity index (χ2n) is 4.80. The number of hydrogen-bond acceptors (Lipinski definition) is 5. The fraction of sp³-hybridized carbons (Fsp3) is 0.214. The van der Waals surface area contributed by atoms with E-state index < -0.39 is 10.8 Å². The molecule has 0 aliphatic carbocycles. The molecule has 1 aliphatic heterocycles. The van der Waals surface area contributed by atoms with Crippen LogP contribution in [0, 0.1) is 10.1 Å². The van der Waals surface area contributed by atoms with Gasteiger partial charge < -0.3 is 10.0 Å². The number of nitro benzene ring substituents is 1. The molecule has 2 heterocycles. The summed E-state index contributed by atoms with van der Waals surface area (Å²) in [4.78, 5) is 25.8. The van der Waals surface area contributed by atoms with Crippen molar-refractivity contribution in [2.24, 2.45) is 0 Å². The Hall–Kier alpha value is -2.41. The number of nitrogens with zero attached hydrogens (tertiary/aromatic N) is 2. The SMILES string of the molecule is O=C(c1cc(O)ccc1[N+](=O)[O-])N1CCc2sccc2C1. The number of carbonyl (C=O) groups excluding carboxylic acids is 1. The molecule has 1 amide bonds. The average molecular weight is 304 g/mol. The van der Waals surface area contributed by atoms with Crippen LogP contribution in [0.2, 0.25) is 0 Å². The highest BCUT2D eigenvalue weighted by atomic mass is 32.1. The third-order valence-corrected chi connectivity index (χ3v) is 4.53. The first-order valence-corrected chi connectivity index (χ1v) is 7.26. The Bertz CT molecular complexity index is 726. The number of nitro groups is 1. The molecule has 1 N–H and O–H groups in total. The summed E-state index contributed by atoms with van der Waals surface area (Å²) in [6.07, 6.45) is 0.755. The third-order valence-electron chi connectivity index (χ3n) is 3.50. The minimum atomic E-state index is -0.605. The Morgan fingerprint density at radius 1 is 1.38 bits per heavy atom. The summed E-state index contributed by atoms with van der Waals surface area (Å²) in [6.45, 7) is 0.976. The van der Waals surface area contributed by atoms with Crippen LogP contribution >= 0.6 is 11.3 Å². The summed E-state index contributed by atoms with van der Waals surface area (Å²) in [5.74, 6) is -0.577. The van der Waals surface area contributed by atoms with Crippen molar-refractivity contribution in [2.75, 3.05) is 6.54 Å². The Morgan fingerprint density at radius 3 is 2.95 bits per heavy atom. The van der Waals surface area contributed by atoms with Crippen LogP contribution in [0.25, 0.3) is 0 Å². The number of benzene rings is 1. The van der Waals surface area contributed by atoms with E-state index in [1.165, 1.54) is 10.9 Å². The van der Waals surface area contributed by atoms with Gasteiger partial charge in [0.1, 0.15) is 11.3 Å². The van der Waals surface area contributed by atoms with E-state index in [4.69, 9.17) is 0 Å². The number of aromatic hydroxyl groups is 1. The van der Waals surface area contributed by atoms with Crippen molar-refractivity contribution < 1.29 is 14.8 Å². The normalized spacial score (nSPS) is 13.8. The van der Waals surface area contributed by atoms with E-state index in [-0.39, 0.29) is 17.0 Å². The molecular formula is C14H12N2O4S. The summed E-state index contributed by atoms with van der Waals surface area (Å²) in [6, 6.07) is 5.49. The number of thiophene rings is 1. The molecule has 1 aromatic heterocycles. The van der Waals surface area contributed by atoms with Gasteiger partial charge in [-0.15, -0.1) is 11.3 Å². The highest BCUT2D eigenvalue weighted by Gasteiger charge is 2.28. The highest BCUT2D eigenvalue weighted by molar-refractivity contribution is 7.10. The van der Waals surface area contributed by atoms with E-state index in [9.17, 15) is 20.0 Å². The van der Waals surface area contributed by atoms with Gasteiger partial charge in [-0.05, 0) is 35.6 Å². The van der Waals surface area contributed by atoms with Gasteiger partial charge in [-0.2, -0.15) is 0 Å². The van der Waals surface area contributed by atoms with E-state index in [1.54, 1.807) is 16.2 Å². The smallest absolute Gasteiger partial charge is 0.282 e. The maximum Gasteiger partial charge on any atom is 0.282 e. The zero-order chi connectivity index (χ0) is 15.0. The summed E-state index contributed by atoms with van der Waals surface area (Å²) >= 11 is 1.66. The summed E-state index contributed by atoms with van der Waals surface area (Å²) in [5, 5.41) is 22.5. The maximum absolute atomic E-state index is 12.5. The average Bonchev–Trinajstić information content (AvgIpc) is 2.93. The van der Waals surface area contributed by atoms with Crippen LogP contribution in [-0.4, -0.2) is 27.4 Å². The van der Waals surface area contributed by atoms with Crippen molar-refractivity contribution in [3.63, 3.8) is 0 Å². The molecule has 21 heavy (non-hydrogen) atoms. The molecule has 0 radical (unpaired) electrons. The van der Waals surface area contributed by atoms with Gasteiger partial charge in [0.25, 0.3) is 11.6 Å². The summed E-state index contributed by atoms with van der Waals surface area (Å²) in [7, 11) is 0. The molecule has 0 spiro atoms. The van der Waals surface area contributed by atoms with Gasteiger partial charge in [-0.1, -0.05) is 0 Å². The van der Waals surface area contributed by atoms with Crippen LogP contribution in [-0.2, 0) is 13.0 Å². The van der Waals surface area contributed by atoms with E-state index in [0.717, 1.165) is 24.1 Å². The molecule has 0 saturated heterocycles. The zero-order valence-electron chi connectivity index (χ0n) is 11.0. The second kappa shape index (κ2) is 5.17. The van der Waals surface area contributed by atoms with Crippen LogP contribution in [0.4, 0.5) is 5.69 Å². The molecule has 3 rings (SSSR count). The van der Waals surface area contributed by atoms with Gasteiger partial charge >= 0.3 is 0 Å². The van der Waals surface area contributed by atoms with Crippen LogP contribution < -0.4 is 0 Å². The molecule has 0 fully saturated rings. The Kier molecular flexibility index (Phi) is 3.34. The van der Waals surface area contributed by atoms with Crippen molar-refractivity contribution in [2.45, 2.75) is 13.0 Å². The summed E-state index contributed by atoms with van der Waals surface area (Å²) in [5.41, 5.74) is 0.731. The minimum absolute atomic E-state index is 0.0707. The number of hydrogen-bond donors (Lipinski definition) is 1. The number of fused-ring (bicyclic) bond motifs is 1. The number of rotatable bonds is 2. The maximum atomic E-state index is 12.5. The third kappa shape index (κ3) is 2.47. The van der Waals surface area contributed by atoms with E-state index >= 15 is 0 Å². The summed E-state index contributed by atoms with van der Waals surface area (Å²) < 4.78 is 0. The zero-order valence-corrected chi connectivity index (χ0v) is 11.8. The monoisotopic (exact) mass is 304 g/mol. The quantitative estimate of drug-likeness (QED) is 0.682. The lowest BCUT2D eigenvalue weighted by molar-refractivity contribution is -0.385. The van der Waals surface area contributed by atoms with Crippen LogP contribution in [0.3, 0.4) is 0 Å². The number of carbonyl (C=O) groups is 1. The Morgan fingerprint density at radius 2 is 2.19 bits per heavy atom. The van der Waals surface area contributed by atoms with Crippen molar-refractivity contribution in [3.05, 3.63) is 55.8 Å². The van der Waals surface area contributed by atoms with Crippen LogP contribution in [0.5, 0.6) is 5.75 Å². The number of amides is 1. The first kappa shape index (κ1) is 13.6. The van der Waals surface area contributed by atoms with Gasteiger partial charge in [-0.3, -0.25) is 14.9 Å². The molecule has 7 heteroatoms.